The van der Waals surface area contributed by atoms with Crippen molar-refractivity contribution in [3.63, 3.8) is 0 Å². The minimum absolute atomic E-state index is 0.00692. The Hall–Kier alpha value is -3.09. The summed E-state index contributed by atoms with van der Waals surface area (Å²) in [6, 6.07) is 3.64. The van der Waals surface area contributed by atoms with Crippen LogP contribution in [-0.2, 0) is 16.0 Å². The van der Waals surface area contributed by atoms with E-state index in [4.69, 9.17) is 8.83 Å². The van der Waals surface area contributed by atoms with Gasteiger partial charge < -0.3 is 23.6 Å². The number of rotatable bonds is 5. The molecule has 0 aliphatic rings. The SMILES string of the molecule is Cc1oc2cc3oc(=O)c(CCC(=O)N(C)CC(=O)[O-])c(C)c3cc2c1C. The third-order valence-corrected chi connectivity index (χ3v) is 4.96. The molecule has 7 heteroatoms. The summed E-state index contributed by atoms with van der Waals surface area (Å²) >= 11 is 0. The first kappa shape index (κ1) is 18.7. The van der Waals surface area contributed by atoms with Crippen LogP contribution in [-0.4, -0.2) is 30.4 Å². The lowest BCUT2D eigenvalue weighted by atomic mass is 10.0. The van der Waals surface area contributed by atoms with E-state index in [0.29, 0.717) is 16.7 Å². The summed E-state index contributed by atoms with van der Waals surface area (Å²) < 4.78 is 11.1. The van der Waals surface area contributed by atoms with Crippen LogP contribution in [0.15, 0.2) is 25.8 Å². The molecule has 0 aliphatic heterocycles. The van der Waals surface area contributed by atoms with Gasteiger partial charge in [-0.3, -0.25) is 4.79 Å². The van der Waals surface area contributed by atoms with Crippen LogP contribution >= 0.6 is 0 Å². The van der Waals surface area contributed by atoms with Crippen molar-refractivity contribution in [3.05, 3.63) is 45.0 Å². The molecule has 0 bridgehead atoms. The van der Waals surface area contributed by atoms with Crippen molar-refractivity contribution in [2.24, 2.45) is 0 Å². The number of amides is 1. The number of hydrogen-bond acceptors (Lipinski definition) is 6. The highest BCUT2D eigenvalue weighted by Gasteiger charge is 2.17. The second-order valence-electron chi connectivity index (χ2n) is 6.74. The average Bonchev–Trinajstić information content (AvgIpc) is 2.86. The molecule has 27 heavy (non-hydrogen) atoms. The number of carbonyl (C=O) groups excluding carboxylic acids is 2. The summed E-state index contributed by atoms with van der Waals surface area (Å²) in [5.41, 5.74) is 2.77. The molecule has 142 valence electrons. The molecule has 2 heterocycles. The minimum atomic E-state index is -1.33. The van der Waals surface area contributed by atoms with Crippen LogP contribution in [0.25, 0.3) is 21.9 Å². The van der Waals surface area contributed by atoms with Gasteiger partial charge >= 0.3 is 5.63 Å². The number of aryl methyl sites for hydroxylation is 3. The second-order valence-corrected chi connectivity index (χ2v) is 6.74. The Bertz CT molecular complexity index is 1120. The fourth-order valence-corrected chi connectivity index (χ4v) is 3.22. The summed E-state index contributed by atoms with van der Waals surface area (Å²) in [5, 5.41) is 12.3. The molecule has 3 aromatic rings. The van der Waals surface area contributed by atoms with Crippen LogP contribution in [0.4, 0.5) is 0 Å². The van der Waals surface area contributed by atoms with Crippen molar-refractivity contribution in [2.75, 3.05) is 13.6 Å². The zero-order chi connectivity index (χ0) is 19.9. The van der Waals surface area contributed by atoms with Gasteiger partial charge in [-0.15, -0.1) is 0 Å². The Morgan fingerprint density at radius 3 is 2.33 bits per heavy atom. The molecular weight excluding hydrogens is 350 g/mol. The number of carboxylic acids is 1. The van der Waals surface area contributed by atoms with Crippen molar-refractivity contribution in [1.29, 1.82) is 0 Å². The van der Waals surface area contributed by atoms with E-state index in [1.807, 2.05) is 26.8 Å². The summed E-state index contributed by atoms with van der Waals surface area (Å²) in [6.07, 6.45) is 0.175. The van der Waals surface area contributed by atoms with Gasteiger partial charge in [0.2, 0.25) is 5.91 Å². The minimum Gasteiger partial charge on any atom is -0.548 e. The smallest absolute Gasteiger partial charge is 0.339 e. The van der Waals surface area contributed by atoms with Crippen LogP contribution in [0.2, 0.25) is 0 Å². The van der Waals surface area contributed by atoms with Crippen molar-refractivity contribution >= 4 is 33.8 Å². The molecular formula is C20H20NO6-. The average molecular weight is 370 g/mol. The molecule has 1 aromatic carbocycles. The number of furan rings is 1. The Morgan fingerprint density at radius 1 is 1.04 bits per heavy atom. The lowest BCUT2D eigenvalue weighted by molar-refractivity contribution is -0.305. The zero-order valence-electron chi connectivity index (χ0n) is 15.7. The van der Waals surface area contributed by atoms with Crippen molar-refractivity contribution in [3.8, 4) is 0 Å². The number of nitrogens with zero attached hydrogens (tertiary/aromatic N) is 1. The number of aliphatic carboxylic acids is 1. The molecule has 0 saturated carbocycles. The van der Waals surface area contributed by atoms with Gasteiger partial charge in [-0.25, -0.2) is 4.79 Å². The normalized spacial score (nSPS) is 11.3. The van der Waals surface area contributed by atoms with Crippen LogP contribution in [0.3, 0.4) is 0 Å². The van der Waals surface area contributed by atoms with Gasteiger partial charge in [0.1, 0.15) is 16.9 Å². The highest BCUT2D eigenvalue weighted by Crippen LogP contribution is 2.31. The van der Waals surface area contributed by atoms with Crippen LogP contribution in [0.1, 0.15) is 28.9 Å². The lowest BCUT2D eigenvalue weighted by Crippen LogP contribution is -2.39. The Labute approximate surface area is 155 Å². The number of hydrogen-bond donors (Lipinski definition) is 0. The van der Waals surface area contributed by atoms with E-state index in [-0.39, 0.29) is 18.7 Å². The van der Waals surface area contributed by atoms with Crippen molar-refractivity contribution in [1.82, 2.24) is 4.90 Å². The fraction of sp³-hybridized carbons (Fsp3) is 0.350. The van der Waals surface area contributed by atoms with E-state index in [2.05, 4.69) is 0 Å². The maximum absolute atomic E-state index is 12.4. The molecule has 7 nitrogen and oxygen atoms in total. The first-order valence-corrected chi connectivity index (χ1v) is 8.59. The van der Waals surface area contributed by atoms with Gasteiger partial charge in [0.15, 0.2) is 0 Å². The highest BCUT2D eigenvalue weighted by atomic mass is 16.4. The van der Waals surface area contributed by atoms with Gasteiger partial charge in [0, 0.05) is 35.9 Å². The van der Waals surface area contributed by atoms with E-state index in [9.17, 15) is 19.5 Å². The zero-order valence-corrected chi connectivity index (χ0v) is 15.7. The molecule has 0 saturated heterocycles. The molecule has 0 N–H and O–H groups in total. The predicted octanol–water partition coefficient (Wildman–Crippen LogP) is 1.61. The maximum Gasteiger partial charge on any atom is 0.339 e. The van der Waals surface area contributed by atoms with Crippen LogP contribution in [0.5, 0.6) is 0 Å². The molecule has 0 spiro atoms. The topological polar surface area (TPSA) is 104 Å². The Balaban J connectivity index is 1.97. The van der Waals surface area contributed by atoms with E-state index < -0.39 is 18.1 Å². The third kappa shape index (κ3) is 3.45. The summed E-state index contributed by atoms with van der Waals surface area (Å²) in [5.74, 6) is -0.904. The Morgan fingerprint density at radius 2 is 1.67 bits per heavy atom. The van der Waals surface area contributed by atoms with Crippen molar-refractivity contribution < 1.29 is 23.5 Å². The largest absolute Gasteiger partial charge is 0.548 e. The maximum atomic E-state index is 12.4. The fourth-order valence-electron chi connectivity index (χ4n) is 3.22. The molecule has 0 fully saturated rings. The highest BCUT2D eigenvalue weighted by molar-refractivity contribution is 5.96. The van der Waals surface area contributed by atoms with Gasteiger partial charge in [0.05, 0.1) is 12.5 Å². The van der Waals surface area contributed by atoms with Crippen molar-refractivity contribution in [2.45, 2.75) is 33.6 Å². The number of carboxylic acid groups (broad SMARTS) is 1. The van der Waals surface area contributed by atoms with Gasteiger partial charge in [-0.05, 0) is 44.4 Å². The molecule has 3 rings (SSSR count). The number of carbonyl (C=O) groups is 2. The van der Waals surface area contributed by atoms with Crippen LogP contribution < -0.4 is 10.7 Å². The lowest BCUT2D eigenvalue weighted by Gasteiger charge is -2.17. The number of likely N-dealkylation sites (N-methyl/N-ethyl adjacent to an activating group) is 1. The monoisotopic (exact) mass is 370 g/mol. The van der Waals surface area contributed by atoms with Gasteiger partial charge in [0.25, 0.3) is 0 Å². The van der Waals surface area contributed by atoms with E-state index in [1.54, 1.807) is 6.07 Å². The standard InChI is InChI=1S/C20H21NO6/c1-10-12(3)26-16-8-17-15(7-14(10)16)11(2)13(20(25)27-17)5-6-18(22)21(4)9-19(23)24/h7-8H,5-6,9H2,1-4H3,(H,23,24)/p-1. The van der Waals surface area contributed by atoms with Gasteiger partial charge in [-0.2, -0.15) is 0 Å². The number of fused-ring (bicyclic) bond motifs is 2. The molecule has 0 radical (unpaired) electrons. The molecule has 2 aromatic heterocycles. The molecule has 0 unspecified atom stereocenters. The Kier molecular flexibility index (Phi) is 4.78. The molecule has 0 atom stereocenters. The first-order chi connectivity index (χ1) is 12.7. The summed E-state index contributed by atoms with van der Waals surface area (Å²) in [4.78, 5) is 36.1. The first-order valence-electron chi connectivity index (χ1n) is 8.59. The molecule has 0 aliphatic carbocycles. The molecule has 1 amide bonds. The second kappa shape index (κ2) is 6.90. The number of benzene rings is 1. The van der Waals surface area contributed by atoms with Gasteiger partial charge in [-0.1, -0.05) is 0 Å². The summed E-state index contributed by atoms with van der Waals surface area (Å²) in [7, 11) is 1.38. The summed E-state index contributed by atoms with van der Waals surface area (Å²) in [6.45, 7) is 5.18. The van der Waals surface area contributed by atoms with Crippen LogP contribution in [0, 0.1) is 20.8 Å². The quantitative estimate of drug-likeness (QED) is 0.632. The van der Waals surface area contributed by atoms with E-state index in [1.165, 1.54) is 7.05 Å². The third-order valence-electron chi connectivity index (χ3n) is 4.96. The van der Waals surface area contributed by atoms with E-state index >= 15 is 0 Å². The predicted molar refractivity (Wildman–Crippen MR) is 97.4 cm³/mol. The van der Waals surface area contributed by atoms with E-state index in [0.717, 1.165) is 32.6 Å².